The van der Waals surface area contributed by atoms with E-state index in [4.69, 9.17) is 0 Å². The molecule has 1 aromatic rings. The van der Waals surface area contributed by atoms with Crippen LogP contribution in [0.2, 0.25) is 0 Å². The number of nitrogens with zero attached hydrogens (tertiary/aromatic N) is 1. The van der Waals surface area contributed by atoms with Crippen molar-refractivity contribution >= 4 is 0 Å². The summed E-state index contributed by atoms with van der Waals surface area (Å²) in [5.41, 5.74) is 2.50. The first-order chi connectivity index (χ1) is 9.29. The Balaban J connectivity index is 1.71. The quantitative estimate of drug-likeness (QED) is 0.882. The predicted octanol–water partition coefficient (Wildman–Crippen LogP) is 3.16. The summed E-state index contributed by atoms with van der Waals surface area (Å²) in [5, 5.41) is 10.6. The highest BCUT2D eigenvalue weighted by Gasteiger charge is 2.35. The minimum atomic E-state index is -0.283. The second-order valence-corrected chi connectivity index (χ2v) is 6.16. The van der Waals surface area contributed by atoms with E-state index >= 15 is 0 Å². The van der Waals surface area contributed by atoms with Crippen molar-refractivity contribution in [1.82, 2.24) is 4.90 Å². The molecule has 1 fully saturated rings. The Labute approximate surface area is 116 Å². The predicted molar refractivity (Wildman–Crippen MR) is 78.1 cm³/mol. The van der Waals surface area contributed by atoms with Gasteiger partial charge in [0.1, 0.15) is 0 Å². The SMILES string of the molecule is CCC1CCCN(C2Cc3ccccc3C2O)CC1. The van der Waals surface area contributed by atoms with Gasteiger partial charge in [0.15, 0.2) is 0 Å². The zero-order chi connectivity index (χ0) is 13.2. The third-order valence-electron chi connectivity index (χ3n) is 5.10. The number of aliphatic hydroxyl groups excluding tert-OH is 1. The number of benzene rings is 1. The van der Waals surface area contributed by atoms with Crippen molar-refractivity contribution in [3.63, 3.8) is 0 Å². The number of hydrogen-bond donors (Lipinski definition) is 1. The third-order valence-corrected chi connectivity index (χ3v) is 5.10. The van der Waals surface area contributed by atoms with Crippen LogP contribution in [0.4, 0.5) is 0 Å². The molecule has 0 spiro atoms. The molecule has 1 aliphatic heterocycles. The number of likely N-dealkylation sites (tertiary alicyclic amines) is 1. The second-order valence-electron chi connectivity index (χ2n) is 6.16. The fourth-order valence-corrected chi connectivity index (χ4v) is 3.81. The largest absolute Gasteiger partial charge is 0.387 e. The fraction of sp³-hybridized carbons (Fsp3) is 0.647. The van der Waals surface area contributed by atoms with Gasteiger partial charge < -0.3 is 5.11 Å². The lowest BCUT2D eigenvalue weighted by atomic mass is 9.98. The van der Waals surface area contributed by atoms with Gasteiger partial charge in [0.25, 0.3) is 0 Å². The van der Waals surface area contributed by atoms with Gasteiger partial charge in [-0.1, -0.05) is 37.6 Å². The minimum Gasteiger partial charge on any atom is -0.387 e. The van der Waals surface area contributed by atoms with Crippen molar-refractivity contribution in [1.29, 1.82) is 0 Å². The molecule has 2 nitrogen and oxygen atoms in total. The van der Waals surface area contributed by atoms with Crippen LogP contribution < -0.4 is 0 Å². The number of aliphatic hydroxyl groups is 1. The van der Waals surface area contributed by atoms with Gasteiger partial charge in [0.2, 0.25) is 0 Å². The molecule has 2 heteroatoms. The molecule has 0 saturated carbocycles. The van der Waals surface area contributed by atoms with E-state index in [0.717, 1.165) is 31.0 Å². The van der Waals surface area contributed by atoms with Crippen molar-refractivity contribution in [3.8, 4) is 0 Å². The molecule has 3 unspecified atom stereocenters. The normalized spacial score (nSPS) is 32.0. The van der Waals surface area contributed by atoms with Gasteiger partial charge in [-0.2, -0.15) is 0 Å². The average Bonchev–Trinajstić information content (AvgIpc) is 2.64. The molecule has 1 aromatic carbocycles. The Morgan fingerprint density at radius 1 is 1.21 bits per heavy atom. The number of fused-ring (bicyclic) bond motifs is 1. The van der Waals surface area contributed by atoms with E-state index in [1.807, 2.05) is 6.07 Å². The molecule has 1 N–H and O–H groups in total. The Morgan fingerprint density at radius 3 is 2.84 bits per heavy atom. The molecule has 0 amide bonds. The van der Waals surface area contributed by atoms with Gasteiger partial charge in [-0.05, 0) is 55.8 Å². The molecule has 0 radical (unpaired) electrons. The summed E-state index contributed by atoms with van der Waals surface area (Å²) in [6.45, 7) is 4.63. The maximum atomic E-state index is 10.6. The summed E-state index contributed by atoms with van der Waals surface area (Å²) in [6.07, 6.45) is 6.00. The molecule has 3 atom stereocenters. The lowest BCUT2D eigenvalue weighted by Gasteiger charge is -2.30. The van der Waals surface area contributed by atoms with Gasteiger partial charge in [-0.15, -0.1) is 0 Å². The topological polar surface area (TPSA) is 23.5 Å². The lowest BCUT2D eigenvalue weighted by molar-refractivity contribution is 0.0620. The molecule has 0 aromatic heterocycles. The van der Waals surface area contributed by atoms with Gasteiger partial charge in [0, 0.05) is 6.04 Å². The van der Waals surface area contributed by atoms with E-state index in [0.29, 0.717) is 6.04 Å². The van der Waals surface area contributed by atoms with E-state index < -0.39 is 0 Å². The first-order valence-corrected chi connectivity index (χ1v) is 7.79. The Morgan fingerprint density at radius 2 is 2.05 bits per heavy atom. The summed E-state index contributed by atoms with van der Waals surface area (Å²) < 4.78 is 0. The molecule has 2 aliphatic rings. The van der Waals surface area contributed by atoms with Crippen LogP contribution >= 0.6 is 0 Å². The maximum absolute atomic E-state index is 10.6. The van der Waals surface area contributed by atoms with Crippen LogP contribution in [0.5, 0.6) is 0 Å². The van der Waals surface area contributed by atoms with Gasteiger partial charge in [-0.25, -0.2) is 0 Å². The van der Waals surface area contributed by atoms with Crippen LogP contribution in [-0.2, 0) is 6.42 Å². The molecular formula is C17H25NO. The highest BCUT2D eigenvalue weighted by atomic mass is 16.3. The lowest BCUT2D eigenvalue weighted by Crippen LogP contribution is -2.39. The van der Waals surface area contributed by atoms with Crippen molar-refractivity contribution < 1.29 is 5.11 Å². The first-order valence-electron chi connectivity index (χ1n) is 7.79. The zero-order valence-corrected chi connectivity index (χ0v) is 11.9. The van der Waals surface area contributed by atoms with Gasteiger partial charge in [-0.3, -0.25) is 4.90 Å². The highest BCUT2D eigenvalue weighted by molar-refractivity contribution is 5.35. The Bertz CT molecular complexity index is 431. The van der Waals surface area contributed by atoms with E-state index in [1.54, 1.807) is 0 Å². The van der Waals surface area contributed by atoms with E-state index in [-0.39, 0.29) is 6.10 Å². The average molecular weight is 259 g/mol. The van der Waals surface area contributed by atoms with Crippen LogP contribution in [0.1, 0.15) is 49.8 Å². The summed E-state index contributed by atoms with van der Waals surface area (Å²) >= 11 is 0. The zero-order valence-electron chi connectivity index (χ0n) is 11.9. The van der Waals surface area contributed by atoms with E-state index in [1.165, 1.54) is 31.2 Å². The number of rotatable bonds is 2. The fourth-order valence-electron chi connectivity index (χ4n) is 3.81. The van der Waals surface area contributed by atoms with Crippen molar-refractivity contribution in [3.05, 3.63) is 35.4 Å². The summed E-state index contributed by atoms with van der Waals surface area (Å²) in [5.74, 6) is 0.894. The van der Waals surface area contributed by atoms with Gasteiger partial charge in [0.05, 0.1) is 6.10 Å². The summed E-state index contributed by atoms with van der Waals surface area (Å²) in [6, 6.07) is 8.70. The maximum Gasteiger partial charge on any atom is 0.0951 e. The number of hydrogen-bond acceptors (Lipinski definition) is 2. The second kappa shape index (κ2) is 5.64. The molecule has 0 bridgehead atoms. The molecular weight excluding hydrogens is 234 g/mol. The molecule has 1 saturated heterocycles. The standard InChI is InChI=1S/C17H25NO/c1-2-13-6-5-10-18(11-9-13)16-12-14-7-3-4-8-15(14)17(16)19/h3-4,7-8,13,16-17,19H,2,5-6,9-12H2,1H3. The van der Waals surface area contributed by atoms with E-state index in [2.05, 4.69) is 30.0 Å². The Hall–Kier alpha value is -0.860. The molecule has 1 heterocycles. The summed E-state index contributed by atoms with van der Waals surface area (Å²) in [4.78, 5) is 2.54. The smallest absolute Gasteiger partial charge is 0.0951 e. The highest BCUT2D eigenvalue weighted by Crippen LogP contribution is 2.35. The molecule has 3 rings (SSSR count). The third kappa shape index (κ3) is 2.56. The van der Waals surface area contributed by atoms with Crippen LogP contribution in [0.3, 0.4) is 0 Å². The van der Waals surface area contributed by atoms with Crippen LogP contribution in [0, 0.1) is 5.92 Å². The summed E-state index contributed by atoms with van der Waals surface area (Å²) in [7, 11) is 0. The van der Waals surface area contributed by atoms with Crippen LogP contribution in [-0.4, -0.2) is 29.1 Å². The first kappa shape index (κ1) is 13.1. The molecule has 104 valence electrons. The molecule has 19 heavy (non-hydrogen) atoms. The molecule has 1 aliphatic carbocycles. The Kier molecular flexibility index (Phi) is 3.90. The van der Waals surface area contributed by atoms with Gasteiger partial charge >= 0.3 is 0 Å². The van der Waals surface area contributed by atoms with E-state index in [9.17, 15) is 5.11 Å². The minimum absolute atomic E-state index is 0.283. The van der Waals surface area contributed by atoms with Crippen molar-refractivity contribution in [2.45, 2.75) is 51.2 Å². The van der Waals surface area contributed by atoms with Crippen molar-refractivity contribution in [2.24, 2.45) is 5.92 Å². The monoisotopic (exact) mass is 259 g/mol. The van der Waals surface area contributed by atoms with Crippen molar-refractivity contribution in [2.75, 3.05) is 13.1 Å². The van der Waals surface area contributed by atoms with Crippen LogP contribution in [0.25, 0.3) is 0 Å². The van der Waals surface area contributed by atoms with Crippen LogP contribution in [0.15, 0.2) is 24.3 Å².